The number of rotatable bonds is 5. The maximum Gasteiger partial charge on any atom is 0.355 e. The lowest BCUT2D eigenvalue weighted by atomic mass is 9.98. The number of benzene rings is 1. The Morgan fingerprint density at radius 1 is 1.37 bits per heavy atom. The molecule has 8 nitrogen and oxygen atoms in total. The van der Waals surface area contributed by atoms with Gasteiger partial charge in [0, 0.05) is 18.7 Å². The summed E-state index contributed by atoms with van der Waals surface area (Å²) in [6, 6.07) is 3.65. The number of hydrogen-bond acceptors (Lipinski definition) is 7. The number of hydrogen-bond donors (Lipinski definition) is 3. The molecule has 1 aromatic carbocycles. The standard InChI is InChI=1S/C17H17FN4O4S/c18-11-7-10(14(19)20)1-2-12(11)26-16(25)13-8-21-17(27-13)22-5-3-9(4-6-22)15(23)24/h1-2,7-9H,3-6H2,(H3,19,20)(H,23,24). The molecule has 1 fully saturated rings. The van der Waals surface area contributed by atoms with E-state index in [9.17, 15) is 14.0 Å². The van der Waals surface area contributed by atoms with Gasteiger partial charge in [0.25, 0.3) is 0 Å². The normalized spacial score (nSPS) is 14.8. The van der Waals surface area contributed by atoms with E-state index < -0.39 is 17.8 Å². The maximum atomic E-state index is 14.0. The highest BCUT2D eigenvalue weighted by Crippen LogP contribution is 2.28. The number of halogens is 1. The van der Waals surface area contributed by atoms with Crippen molar-refractivity contribution in [1.82, 2.24) is 4.98 Å². The number of nitrogens with one attached hydrogen (secondary N) is 1. The van der Waals surface area contributed by atoms with E-state index in [1.165, 1.54) is 18.3 Å². The van der Waals surface area contributed by atoms with Gasteiger partial charge in [-0.1, -0.05) is 11.3 Å². The number of aromatic nitrogens is 1. The molecule has 0 amide bonds. The number of amidine groups is 1. The van der Waals surface area contributed by atoms with Crippen LogP contribution in [0.5, 0.6) is 5.75 Å². The van der Waals surface area contributed by atoms with Gasteiger partial charge in [-0.2, -0.15) is 0 Å². The lowest BCUT2D eigenvalue weighted by Gasteiger charge is -2.29. The van der Waals surface area contributed by atoms with E-state index in [4.69, 9.17) is 21.0 Å². The molecule has 1 aromatic heterocycles. The summed E-state index contributed by atoms with van der Waals surface area (Å²) >= 11 is 1.11. The summed E-state index contributed by atoms with van der Waals surface area (Å²) in [4.78, 5) is 29.6. The van der Waals surface area contributed by atoms with E-state index in [1.54, 1.807) is 0 Å². The number of piperidine rings is 1. The van der Waals surface area contributed by atoms with Crippen molar-refractivity contribution in [1.29, 1.82) is 5.41 Å². The topological polar surface area (TPSA) is 130 Å². The van der Waals surface area contributed by atoms with E-state index >= 15 is 0 Å². The number of carbonyl (C=O) groups is 2. The van der Waals surface area contributed by atoms with Gasteiger partial charge in [-0.3, -0.25) is 10.2 Å². The molecule has 1 saturated heterocycles. The van der Waals surface area contributed by atoms with Gasteiger partial charge in [0.05, 0.1) is 12.1 Å². The number of carboxylic acid groups (broad SMARTS) is 1. The molecular weight excluding hydrogens is 375 g/mol. The van der Waals surface area contributed by atoms with Crippen molar-refractivity contribution in [2.45, 2.75) is 12.8 Å². The molecule has 0 aliphatic carbocycles. The highest BCUT2D eigenvalue weighted by molar-refractivity contribution is 7.17. The van der Waals surface area contributed by atoms with Crippen LogP contribution in [0.4, 0.5) is 9.52 Å². The largest absolute Gasteiger partial charge is 0.481 e. The van der Waals surface area contributed by atoms with Gasteiger partial charge in [0.2, 0.25) is 0 Å². The van der Waals surface area contributed by atoms with Crippen LogP contribution in [-0.4, -0.2) is 41.0 Å². The lowest BCUT2D eigenvalue weighted by Crippen LogP contribution is -2.36. The SMILES string of the molecule is N=C(N)c1ccc(OC(=O)c2cnc(N3CCC(C(=O)O)CC3)s2)c(F)c1. The van der Waals surface area contributed by atoms with Crippen molar-refractivity contribution in [3.05, 3.63) is 40.7 Å². The Morgan fingerprint density at radius 3 is 2.67 bits per heavy atom. The van der Waals surface area contributed by atoms with Gasteiger partial charge >= 0.3 is 11.9 Å². The van der Waals surface area contributed by atoms with Gasteiger partial charge in [-0.05, 0) is 31.0 Å². The number of carbonyl (C=O) groups excluding carboxylic acids is 1. The zero-order valence-electron chi connectivity index (χ0n) is 14.1. The molecular formula is C17H17FN4O4S. The van der Waals surface area contributed by atoms with E-state index in [-0.39, 0.29) is 27.9 Å². The second kappa shape index (κ2) is 7.70. The monoisotopic (exact) mass is 392 g/mol. The van der Waals surface area contributed by atoms with Crippen molar-refractivity contribution in [3.8, 4) is 5.75 Å². The molecule has 0 radical (unpaired) electrons. The van der Waals surface area contributed by atoms with Gasteiger partial charge < -0.3 is 20.5 Å². The summed E-state index contributed by atoms with van der Waals surface area (Å²) in [5, 5.41) is 16.9. The number of thiazole rings is 1. The molecule has 0 bridgehead atoms. The molecule has 2 heterocycles. The van der Waals surface area contributed by atoms with Crippen LogP contribution in [0.1, 0.15) is 28.1 Å². The maximum absolute atomic E-state index is 14.0. The fourth-order valence-corrected chi connectivity index (χ4v) is 3.57. The zero-order valence-corrected chi connectivity index (χ0v) is 15.0. The summed E-state index contributed by atoms with van der Waals surface area (Å²) in [6.45, 7) is 1.08. The molecule has 1 aliphatic rings. The number of anilines is 1. The summed E-state index contributed by atoms with van der Waals surface area (Å²) in [5.74, 6) is -3.24. The van der Waals surface area contributed by atoms with E-state index in [2.05, 4.69) is 4.98 Å². The van der Waals surface area contributed by atoms with Gasteiger partial charge in [0.1, 0.15) is 10.7 Å². The first-order valence-corrected chi connectivity index (χ1v) is 8.96. The minimum absolute atomic E-state index is 0.192. The Bertz CT molecular complexity index is 893. The van der Waals surface area contributed by atoms with Crippen LogP contribution in [-0.2, 0) is 4.79 Å². The average Bonchev–Trinajstić information content (AvgIpc) is 3.13. The molecule has 142 valence electrons. The Labute approximate surface area is 157 Å². The van der Waals surface area contributed by atoms with Crippen LogP contribution in [0.2, 0.25) is 0 Å². The quantitative estimate of drug-likeness (QED) is 0.307. The molecule has 4 N–H and O–H groups in total. The fraction of sp³-hybridized carbons (Fsp3) is 0.294. The molecule has 2 aromatic rings. The highest BCUT2D eigenvalue weighted by atomic mass is 32.1. The van der Waals surface area contributed by atoms with Crippen molar-refractivity contribution in [2.24, 2.45) is 11.7 Å². The third-order valence-corrected chi connectivity index (χ3v) is 5.29. The first-order valence-electron chi connectivity index (χ1n) is 8.15. The molecule has 0 atom stereocenters. The van der Waals surface area contributed by atoms with Crippen LogP contribution in [0, 0.1) is 17.1 Å². The predicted octanol–water partition coefficient (Wildman–Crippen LogP) is 2.09. The summed E-state index contributed by atoms with van der Waals surface area (Å²) in [7, 11) is 0. The number of nitrogen functional groups attached to an aromatic ring is 1. The van der Waals surface area contributed by atoms with Crippen LogP contribution in [0.3, 0.4) is 0 Å². The number of nitrogens with two attached hydrogens (primary N) is 1. The molecule has 27 heavy (non-hydrogen) atoms. The molecule has 0 unspecified atom stereocenters. The smallest absolute Gasteiger partial charge is 0.355 e. The van der Waals surface area contributed by atoms with Gasteiger partial charge in [-0.15, -0.1) is 0 Å². The number of carboxylic acids is 1. The van der Waals surface area contributed by atoms with Gasteiger partial charge in [0.15, 0.2) is 16.7 Å². The zero-order chi connectivity index (χ0) is 19.6. The molecule has 1 aliphatic heterocycles. The first kappa shape index (κ1) is 18.8. The average molecular weight is 392 g/mol. The van der Waals surface area contributed by atoms with Crippen molar-refractivity contribution in [3.63, 3.8) is 0 Å². The minimum Gasteiger partial charge on any atom is -0.481 e. The first-order chi connectivity index (χ1) is 12.8. The molecule has 0 saturated carbocycles. The number of esters is 1. The predicted molar refractivity (Wildman–Crippen MR) is 97.1 cm³/mol. The van der Waals surface area contributed by atoms with E-state index in [1.807, 2.05) is 4.90 Å². The summed E-state index contributed by atoms with van der Waals surface area (Å²) in [5.41, 5.74) is 5.48. The molecule has 0 spiro atoms. The summed E-state index contributed by atoms with van der Waals surface area (Å²) < 4.78 is 19.1. The van der Waals surface area contributed by atoms with Crippen LogP contribution >= 0.6 is 11.3 Å². The third kappa shape index (κ3) is 4.22. The van der Waals surface area contributed by atoms with E-state index in [0.717, 1.165) is 17.4 Å². The van der Waals surface area contributed by atoms with Crippen molar-refractivity contribution >= 4 is 34.2 Å². The van der Waals surface area contributed by atoms with Crippen LogP contribution < -0.4 is 15.4 Å². The summed E-state index contributed by atoms with van der Waals surface area (Å²) in [6.07, 6.45) is 2.39. The number of ether oxygens (including phenoxy) is 1. The third-order valence-electron chi connectivity index (χ3n) is 4.25. The lowest BCUT2D eigenvalue weighted by molar-refractivity contribution is -0.142. The Morgan fingerprint density at radius 2 is 2.07 bits per heavy atom. The van der Waals surface area contributed by atoms with Crippen LogP contribution in [0.25, 0.3) is 0 Å². The highest BCUT2D eigenvalue weighted by Gasteiger charge is 2.26. The van der Waals surface area contributed by atoms with Gasteiger partial charge in [-0.25, -0.2) is 14.2 Å². The van der Waals surface area contributed by atoms with Crippen molar-refractivity contribution < 1.29 is 23.8 Å². The minimum atomic E-state index is -0.795. The van der Waals surface area contributed by atoms with Crippen molar-refractivity contribution in [2.75, 3.05) is 18.0 Å². The molecule has 3 rings (SSSR count). The van der Waals surface area contributed by atoms with Crippen LogP contribution in [0.15, 0.2) is 24.4 Å². The Hall–Kier alpha value is -3.01. The number of aliphatic carboxylic acids is 1. The number of nitrogens with zero attached hydrogens (tertiary/aromatic N) is 2. The second-order valence-corrected chi connectivity index (χ2v) is 7.06. The fourth-order valence-electron chi connectivity index (χ4n) is 2.72. The Kier molecular flexibility index (Phi) is 5.36. The second-order valence-electron chi connectivity index (χ2n) is 6.06. The van der Waals surface area contributed by atoms with E-state index in [0.29, 0.717) is 31.1 Å². The Balaban J connectivity index is 1.65. The molecule has 10 heteroatoms.